The van der Waals surface area contributed by atoms with E-state index in [-0.39, 0.29) is 17.9 Å². The van der Waals surface area contributed by atoms with Crippen LogP contribution in [0.4, 0.5) is 0 Å². The first-order valence-electron chi connectivity index (χ1n) is 5.86. The highest BCUT2D eigenvalue weighted by molar-refractivity contribution is 5.77. The molecule has 1 fully saturated rings. The Kier molecular flexibility index (Phi) is 3.64. The van der Waals surface area contributed by atoms with Crippen LogP contribution in [0.15, 0.2) is 24.3 Å². The van der Waals surface area contributed by atoms with Gasteiger partial charge in [-0.1, -0.05) is 12.1 Å². The van der Waals surface area contributed by atoms with Crippen LogP contribution in [-0.4, -0.2) is 19.6 Å². The monoisotopic (exact) mass is 234 g/mol. The third-order valence-electron chi connectivity index (χ3n) is 3.21. The molecule has 1 aromatic carbocycles. The fraction of sp³-hybridized carbons (Fsp3) is 0.462. The maximum atomic E-state index is 11.6. The fourth-order valence-corrected chi connectivity index (χ4v) is 2.25. The maximum absolute atomic E-state index is 11.6. The first-order chi connectivity index (χ1) is 8.22. The number of carbonyl (C=O) groups is 1. The van der Waals surface area contributed by atoms with Crippen molar-refractivity contribution in [1.29, 1.82) is 0 Å². The van der Waals surface area contributed by atoms with Crippen LogP contribution < -0.4 is 15.8 Å². The summed E-state index contributed by atoms with van der Waals surface area (Å²) in [5.74, 6) is 1.17. The highest BCUT2D eigenvalue weighted by Gasteiger charge is 2.26. The molecule has 2 rings (SSSR count). The Labute approximate surface area is 101 Å². The van der Waals surface area contributed by atoms with Gasteiger partial charge < -0.3 is 15.8 Å². The fourth-order valence-electron chi connectivity index (χ4n) is 2.25. The van der Waals surface area contributed by atoms with Gasteiger partial charge in [0.2, 0.25) is 5.91 Å². The van der Waals surface area contributed by atoms with Crippen molar-refractivity contribution in [3.05, 3.63) is 29.8 Å². The molecule has 4 nitrogen and oxygen atoms in total. The summed E-state index contributed by atoms with van der Waals surface area (Å²) in [6.45, 7) is 0.563. The van der Waals surface area contributed by atoms with Crippen molar-refractivity contribution in [2.75, 3.05) is 13.7 Å². The van der Waals surface area contributed by atoms with E-state index >= 15 is 0 Å². The van der Waals surface area contributed by atoms with Gasteiger partial charge in [0, 0.05) is 6.42 Å². The van der Waals surface area contributed by atoms with E-state index < -0.39 is 0 Å². The Morgan fingerprint density at radius 2 is 2.35 bits per heavy atom. The van der Waals surface area contributed by atoms with Gasteiger partial charge in [0.05, 0.1) is 13.2 Å². The zero-order valence-corrected chi connectivity index (χ0v) is 9.98. The van der Waals surface area contributed by atoms with Crippen molar-refractivity contribution in [2.24, 2.45) is 11.7 Å². The number of benzene rings is 1. The molecule has 0 bridgehead atoms. The van der Waals surface area contributed by atoms with E-state index in [9.17, 15) is 4.79 Å². The maximum Gasteiger partial charge on any atom is 0.220 e. The lowest BCUT2D eigenvalue weighted by molar-refractivity contribution is -0.124. The molecule has 0 aliphatic carbocycles. The van der Waals surface area contributed by atoms with Crippen molar-refractivity contribution in [3.63, 3.8) is 0 Å². The van der Waals surface area contributed by atoms with Crippen molar-refractivity contribution in [2.45, 2.75) is 18.9 Å². The predicted octanol–water partition coefficient (Wildman–Crippen LogP) is 1.22. The number of carbonyl (C=O) groups excluding carboxylic acids is 1. The van der Waals surface area contributed by atoms with Crippen LogP contribution in [0.2, 0.25) is 0 Å². The lowest BCUT2D eigenvalue weighted by Crippen LogP contribution is -2.39. The molecule has 0 aromatic heterocycles. The average Bonchev–Trinajstić information content (AvgIpc) is 2.38. The second kappa shape index (κ2) is 5.19. The van der Waals surface area contributed by atoms with E-state index in [1.54, 1.807) is 7.11 Å². The third kappa shape index (κ3) is 2.77. The molecule has 1 heterocycles. The van der Waals surface area contributed by atoms with Crippen LogP contribution in [0.25, 0.3) is 0 Å². The standard InChI is InChI=1S/C13H18N2O2/c1-17-11-4-2-3-10(7-11)12-5-9(8-14)6-13(16)15-12/h2-4,7,9,12H,5-6,8,14H2,1H3,(H,15,16). The number of piperidine rings is 1. The lowest BCUT2D eigenvalue weighted by Gasteiger charge is -2.29. The van der Waals surface area contributed by atoms with Crippen LogP contribution in [-0.2, 0) is 4.79 Å². The molecular formula is C13H18N2O2. The molecule has 17 heavy (non-hydrogen) atoms. The average molecular weight is 234 g/mol. The van der Waals surface area contributed by atoms with Gasteiger partial charge in [-0.2, -0.15) is 0 Å². The zero-order valence-electron chi connectivity index (χ0n) is 9.98. The SMILES string of the molecule is COc1cccc(C2CC(CN)CC(=O)N2)c1. The molecule has 3 N–H and O–H groups in total. The minimum Gasteiger partial charge on any atom is -0.497 e. The van der Waals surface area contributed by atoms with Gasteiger partial charge in [-0.25, -0.2) is 0 Å². The van der Waals surface area contributed by atoms with Gasteiger partial charge in [-0.15, -0.1) is 0 Å². The molecule has 1 saturated heterocycles. The highest BCUT2D eigenvalue weighted by Crippen LogP contribution is 2.28. The second-order valence-electron chi connectivity index (χ2n) is 4.44. The van der Waals surface area contributed by atoms with Crippen molar-refractivity contribution >= 4 is 5.91 Å². The molecule has 0 spiro atoms. The molecule has 2 atom stereocenters. The molecule has 1 amide bonds. The number of methoxy groups -OCH3 is 1. The molecule has 1 aliphatic heterocycles. The number of hydrogen-bond donors (Lipinski definition) is 2. The summed E-state index contributed by atoms with van der Waals surface area (Å²) >= 11 is 0. The Morgan fingerprint density at radius 1 is 1.53 bits per heavy atom. The number of nitrogens with two attached hydrogens (primary N) is 1. The summed E-state index contributed by atoms with van der Waals surface area (Å²) in [5, 5.41) is 3.00. The van der Waals surface area contributed by atoms with E-state index in [0.29, 0.717) is 13.0 Å². The van der Waals surface area contributed by atoms with Crippen molar-refractivity contribution < 1.29 is 9.53 Å². The molecule has 1 aromatic rings. The number of nitrogens with one attached hydrogen (secondary N) is 1. The molecule has 92 valence electrons. The van der Waals surface area contributed by atoms with E-state index in [0.717, 1.165) is 17.7 Å². The first-order valence-corrected chi connectivity index (χ1v) is 5.86. The predicted molar refractivity (Wildman–Crippen MR) is 65.7 cm³/mol. The van der Waals surface area contributed by atoms with Crippen LogP contribution in [0.5, 0.6) is 5.75 Å². The van der Waals surface area contributed by atoms with Gasteiger partial charge in [0.25, 0.3) is 0 Å². The van der Waals surface area contributed by atoms with Gasteiger partial charge in [-0.05, 0) is 36.6 Å². The Morgan fingerprint density at radius 3 is 3.06 bits per heavy atom. The normalized spacial score (nSPS) is 24.2. The van der Waals surface area contributed by atoms with Crippen LogP contribution >= 0.6 is 0 Å². The van der Waals surface area contributed by atoms with E-state index in [1.807, 2.05) is 24.3 Å². The molecular weight excluding hydrogens is 216 g/mol. The minimum absolute atomic E-state index is 0.0555. The highest BCUT2D eigenvalue weighted by atomic mass is 16.5. The Hall–Kier alpha value is -1.55. The summed E-state index contributed by atoms with van der Waals surface area (Å²) in [7, 11) is 1.64. The summed E-state index contributed by atoms with van der Waals surface area (Å²) in [6, 6.07) is 7.86. The summed E-state index contributed by atoms with van der Waals surface area (Å²) < 4.78 is 5.19. The number of amides is 1. The van der Waals surface area contributed by atoms with Gasteiger partial charge in [0.1, 0.15) is 5.75 Å². The molecule has 2 unspecified atom stereocenters. The van der Waals surface area contributed by atoms with Crippen molar-refractivity contribution in [3.8, 4) is 5.75 Å². The van der Waals surface area contributed by atoms with Crippen LogP contribution in [0, 0.1) is 5.92 Å². The number of hydrogen-bond acceptors (Lipinski definition) is 3. The second-order valence-corrected chi connectivity index (χ2v) is 4.44. The largest absolute Gasteiger partial charge is 0.497 e. The van der Waals surface area contributed by atoms with Gasteiger partial charge in [-0.3, -0.25) is 4.79 Å². The topological polar surface area (TPSA) is 64.3 Å². The molecule has 0 radical (unpaired) electrons. The zero-order chi connectivity index (χ0) is 12.3. The van der Waals surface area contributed by atoms with E-state index in [1.165, 1.54) is 0 Å². The summed E-state index contributed by atoms with van der Waals surface area (Å²) in [6.07, 6.45) is 1.44. The molecule has 0 saturated carbocycles. The van der Waals surface area contributed by atoms with Crippen molar-refractivity contribution in [1.82, 2.24) is 5.32 Å². The van der Waals surface area contributed by atoms with Crippen LogP contribution in [0.3, 0.4) is 0 Å². The third-order valence-corrected chi connectivity index (χ3v) is 3.21. The Balaban J connectivity index is 2.17. The Bertz CT molecular complexity index is 406. The van der Waals surface area contributed by atoms with Gasteiger partial charge in [0.15, 0.2) is 0 Å². The quantitative estimate of drug-likeness (QED) is 0.826. The minimum atomic E-state index is 0.0555. The number of ether oxygens (including phenoxy) is 1. The van der Waals surface area contributed by atoms with Gasteiger partial charge >= 0.3 is 0 Å². The summed E-state index contributed by atoms with van der Waals surface area (Å²) in [4.78, 5) is 11.6. The molecule has 1 aliphatic rings. The molecule has 4 heteroatoms. The lowest BCUT2D eigenvalue weighted by atomic mass is 9.88. The van der Waals surface area contributed by atoms with Crippen LogP contribution in [0.1, 0.15) is 24.4 Å². The first kappa shape index (κ1) is 11.9. The smallest absolute Gasteiger partial charge is 0.220 e. The van der Waals surface area contributed by atoms with E-state index in [4.69, 9.17) is 10.5 Å². The summed E-state index contributed by atoms with van der Waals surface area (Å²) in [5.41, 5.74) is 6.74. The van der Waals surface area contributed by atoms with E-state index in [2.05, 4.69) is 5.32 Å². The number of rotatable bonds is 3.